The summed E-state index contributed by atoms with van der Waals surface area (Å²) in [6, 6.07) is 8.88. The lowest BCUT2D eigenvalue weighted by molar-refractivity contribution is 0.168. The third-order valence-electron chi connectivity index (χ3n) is 3.09. The number of aliphatic hydroxyl groups excluding tert-OH is 1. The number of amides is 2. The lowest BCUT2D eigenvalue weighted by Crippen LogP contribution is -2.39. The largest absolute Gasteiger partial charge is 0.386 e. The third kappa shape index (κ3) is 4.43. The maximum absolute atomic E-state index is 13.5. The monoisotopic (exact) mass is 342 g/mol. The predicted octanol–water partition coefficient (Wildman–Crippen LogP) is 3.63. The van der Waals surface area contributed by atoms with Crippen molar-refractivity contribution in [2.45, 2.75) is 19.1 Å². The summed E-state index contributed by atoms with van der Waals surface area (Å²) in [4.78, 5) is 12.7. The summed E-state index contributed by atoms with van der Waals surface area (Å²) >= 11 is 7.23. The second-order valence-electron chi connectivity index (χ2n) is 4.76. The summed E-state index contributed by atoms with van der Waals surface area (Å²) in [7, 11) is 0. The van der Waals surface area contributed by atoms with E-state index in [0.29, 0.717) is 4.34 Å². The molecule has 0 radical (unpaired) electrons. The summed E-state index contributed by atoms with van der Waals surface area (Å²) in [6.07, 6.45) is -1.10. The normalized spacial score (nSPS) is 13.5. The zero-order valence-corrected chi connectivity index (χ0v) is 13.4. The number of rotatable bonds is 5. The number of aliphatic hydroxyl groups is 1. The highest BCUT2D eigenvalue weighted by molar-refractivity contribution is 7.16. The van der Waals surface area contributed by atoms with Crippen molar-refractivity contribution in [3.63, 3.8) is 0 Å². The summed E-state index contributed by atoms with van der Waals surface area (Å²) < 4.78 is 14.2. The Morgan fingerprint density at radius 1 is 1.36 bits per heavy atom. The van der Waals surface area contributed by atoms with E-state index in [2.05, 4.69) is 10.6 Å². The molecule has 0 saturated heterocycles. The topological polar surface area (TPSA) is 61.4 Å². The molecule has 0 aliphatic rings. The van der Waals surface area contributed by atoms with E-state index in [1.54, 1.807) is 18.2 Å². The highest BCUT2D eigenvalue weighted by atomic mass is 35.5. The first-order chi connectivity index (χ1) is 10.5. The molecule has 0 bridgehead atoms. The van der Waals surface area contributed by atoms with Crippen molar-refractivity contribution in [3.05, 3.63) is 57.0 Å². The first kappa shape index (κ1) is 16.7. The van der Waals surface area contributed by atoms with Crippen molar-refractivity contribution in [1.82, 2.24) is 10.6 Å². The molecular formula is C15H16ClFN2O2S. The van der Waals surface area contributed by atoms with Crippen LogP contribution in [0.15, 0.2) is 36.4 Å². The van der Waals surface area contributed by atoms with E-state index in [0.717, 1.165) is 4.88 Å². The third-order valence-corrected chi connectivity index (χ3v) is 4.50. The number of nitrogens with one attached hydrogen (secondary N) is 2. The SMILES string of the molecule is CC(NC(=O)NCC(O)c1ccccc1F)c1ccc(Cl)s1. The standard InChI is InChI=1S/C15H16ClFN2O2S/c1-9(13-6-7-14(16)22-13)19-15(21)18-8-12(20)10-4-2-3-5-11(10)17/h2-7,9,12,20H,8H2,1H3,(H2,18,19,21). The van der Waals surface area contributed by atoms with Gasteiger partial charge in [-0.25, -0.2) is 9.18 Å². The van der Waals surface area contributed by atoms with Crippen molar-refractivity contribution < 1.29 is 14.3 Å². The van der Waals surface area contributed by atoms with Crippen LogP contribution in [0.25, 0.3) is 0 Å². The fourth-order valence-corrected chi connectivity index (χ4v) is 2.99. The summed E-state index contributed by atoms with van der Waals surface area (Å²) in [5, 5.41) is 15.2. The van der Waals surface area contributed by atoms with E-state index in [1.165, 1.54) is 23.5 Å². The Labute approximate surface area is 136 Å². The highest BCUT2D eigenvalue weighted by Crippen LogP contribution is 2.26. The van der Waals surface area contributed by atoms with Crippen molar-refractivity contribution in [2.75, 3.05) is 6.54 Å². The average molecular weight is 343 g/mol. The minimum absolute atomic E-state index is 0.0787. The van der Waals surface area contributed by atoms with E-state index in [1.807, 2.05) is 13.0 Å². The van der Waals surface area contributed by atoms with E-state index >= 15 is 0 Å². The van der Waals surface area contributed by atoms with Crippen LogP contribution in [0.4, 0.5) is 9.18 Å². The molecule has 0 saturated carbocycles. The molecule has 4 nitrogen and oxygen atoms in total. The minimum atomic E-state index is -1.10. The lowest BCUT2D eigenvalue weighted by Gasteiger charge is -2.16. The van der Waals surface area contributed by atoms with Gasteiger partial charge in [-0.2, -0.15) is 0 Å². The zero-order chi connectivity index (χ0) is 16.1. The molecule has 22 heavy (non-hydrogen) atoms. The molecule has 1 heterocycles. The van der Waals surface area contributed by atoms with Crippen LogP contribution in [0.1, 0.15) is 29.5 Å². The van der Waals surface area contributed by atoms with E-state index in [-0.39, 0.29) is 18.2 Å². The van der Waals surface area contributed by atoms with Crippen LogP contribution in [0.2, 0.25) is 4.34 Å². The van der Waals surface area contributed by atoms with Crippen LogP contribution in [0, 0.1) is 5.82 Å². The quantitative estimate of drug-likeness (QED) is 0.777. The number of hydrogen-bond acceptors (Lipinski definition) is 3. The molecule has 0 spiro atoms. The second kappa shape index (κ2) is 7.58. The van der Waals surface area contributed by atoms with Gasteiger partial charge in [0.1, 0.15) is 5.82 Å². The Kier molecular flexibility index (Phi) is 5.76. The smallest absolute Gasteiger partial charge is 0.315 e. The molecule has 118 valence electrons. The maximum atomic E-state index is 13.5. The summed E-state index contributed by atoms with van der Waals surface area (Å²) in [5.74, 6) is -0.501. The van der Waals surface area contributed by atoms with Crippen molar-refractivity contribution >= 4 is 29.0 Å². The van der Waals surface area contributed by atoms with E-state index in [4.69, 9.17) is 11.6 Å². The number of carbonyl (C=O) groups excluding carboxylic acids is 1. The number of urea groups is 1. The van der Waals surface area contributed by atoms with Crippen LogP contribution < -0.4 is 10.6 Å². The molecule has 2 aromatic rings. The van der Waals surface area contributed by atoms with Gasteiger partial charge in [-0.15, -0.1) is 11.3 Å². The first-order valence-corrected chi connectivity index (χ1v) is 7.89. The van der Waals surface area contributed by atoms with Gasteiger partial charge in [0.25, 0.3) is 0 Å². The van der Waals surface area contributed by atoms with Crippen molar-refractivity contribution in [3.8, 4) is 0 Å². The van der Waals surface area contributed by atoms with Crippen LogP contribution in [-0.4, -0.2) is 17.7 Å². The fourth-order valence-electron chi connectivity index (χ4n) is 1.92. The molecule has 2 atom stereocenters. The number of thiophene rings is 1. The maximum Gasteiger partial charge on any atom is 0.315 e. The van der Waals surface area contributed by atoms with Crippen LogP contribution in [0.3, 0.4) is 0 Å². The van der Waals surface area contributed by atoms with Gasteiger partial charge in [-0.05, 0) is 25.1 Å². The molecule has 3 N–H and O–H groups in total. The van der Waals surface area contributed by atoms with Crippen molar-refractivity contribution in [1.29, 1.82) is 0 Å². The Balaban J connectivity index is 1.84. The Morgan fingerprint density at radius 2 is 2.09 bits per heavy atom. The highest BCUT2D eigenvalue weighted by Gasteiger charge is 2.15. The van der Waals surface area contributed by atoms with Crippen LogP contribution in [0.5, 0.6) is 0 Å². The van der Waals surface area contributed by atoms with Gasteiger partial charge in [-0.1, -0.05) is 29.8 Å². The number of benzene rings is 1. The van der Waals surface area contributed by atoms with Crippen LogP contribution in [-0.2, 0) is 0 Å². The first-order valence-electron chi connectivity index (χ1n) is 6.69. The molecule has 2 unspecified atom stereocenters. The fraction of sp³-hybridized carbons (Fsp3) is 0.267. The number of carbonyl (C=O) groups is 1. The van der Waals surface area contributed by atoms with Gasteiger partial charge in [0.2, 0.25) is 0 Å². The van der Waals surface area contributed by atoms with E-state index < -0.39 is 18.0 Å². The summed E-state index contributed by atoms with van der Waals surface area (Å²) in [6.45, 7) is 1.75. The lowest BCUT2D eigenvalue weighted by atomic mass is 10.1. The van der Waals surface area contributed by atoms with Crippen LogP contribution >= 0.6 is 22.9 Å². The molecular weight excluding hydrogens is 327 g/mol. The Hall–Kier alpha value is -1.63. The molecule has 2 rings (SSSR count). The molecule has 7 heteroatoms. The van der Waals surface area contributed by atoms with Gasteiger partial charge in [0.15, 0.2) is 0 Å². The average Bonchev–Trinajstić information content (AvgIpc) is 2.92. The molecule has 0 fully saturated rings. The predicted molar refractivity (Wildman–Crippen MR) is 85.6 cm³/mol. The Bertz CT molecular complexity index is 650. The molecule has 2 amide bonds. The van der Waals surface area contributed by atoms with Gasteiger partial charge >= 0.3 is 6.03 Å². The van der Waals surface area contributed by atoms with Gasteiger partial charge in [-0.3, -0.25) is 0 Å². The minimum Gasteiger partial charge on any atom is -0.386 e. The van der Waals surface area contributed by atoms with Crippen molar-refractivity contribution in [2.24, 2.45) is 0 Å². The molecule has 0 aliphatic carbocycles. The van der Waals surface area contributed by atoms with Gasteiger partial charge in [0, 0.05) is 17.0 Å². The van der Waals surface area contributed by atoms with Gasteiger partial charge < -0.3 is 15.7 Å². The number of hydrogen-bond donors (Lipinski definition) is 3. The zero-order valence-electron chi connectivity index (χ0n) is 11.8. The second-order valence-corrected chi connectivity index (χ2v) is 6.50. The summed E-state index contributed by atoms with van der Waals surface area (Å²) in [5.41, 5.74) is 0.154. The molecule has 0 aliphatic heterocycles. The van der Waals surface area contributed by atoms with Gasteiger partial charge in [0.05, 0.1) is 16.5 Å². The molecule has 1 aromatic heterocycles. The Morgan fingerprint density at radius 3 is 2.73 bits per heavy atom. The number of halogens is 2. The molecule has 1 aromatic carbocycles. The van der Waals surface area contributed by atoms with E-state index in [9.17, 15) is 14.3 Å².